The lowest BCUT2D eigenvalue weighted by Crippen LogP contribution is -2.46. The molecule has 0 heterocycles. The number of aliphatic hydroxyl groups is 2. The van der Waals surface area contributed by atoms with Crippen molar-refractivity contribution in [2.75, 3.05) is 6.61 Å². The lowest BCUT2D eigenvalue weighted by molar-refractivity contribution is -0.148. The Morgan fingerprint density at radius 1 is 0.477 bits per heavy atom. The fourth-order valence-electron chi connectivity index (χ4n) is 7.57. The highest BCUT2D eigenvalue weighted by Gasteiger charge is 2.23. The van der Waals surface area contributed by atoms with Crippen LogP contribution in [0.2, 0.25) is 0 Å². The molecule has 3 unspecified atom stereocenters. The standard InChI is InChI=1S/C59H101NO5/c1-4-7-10-13-16-19-22-24-26-28-29-31-33-35-37-40-43-46-49-52-59(64)65-55(50-47-44-41-38-36-34-32-30-27-25-23-20-17-14-11-8-5-2)53-58(63)60-56(54-61)57(62)51-48-45-42-39-21-18-15-12-9-6-3/h8,11,16-17,19-20,24-27,32,34,38,41,47,50,55-57,61-62H,4-7,9-10,12-15,18,21-23,28-31,33,35-37,39-40,42-46,48-49,51-54H2,1-3H3,(H,60,63)/b11-8-,19-16-,20-17-,26-24-,27-25-,34-32-,41-38-,50-47-. The summed E-state index contributed by atoms with van der Waals surface area (Å²) in [5.74, 6) is -0.639. The maximum absolute atomic E-state index is 13.2. The minimum Gasteiger partial charge on any atom is -0.458 e. The highest BCUT2D eigenvalue weighted by atomic mass is 16.5. The molecule has 3 atom stereocenters. The fourth-order valence-corrected chi connectivity index (χ4v) is 7.57. The summed E-state index contributed by atoms with van der Waals surface area (Å²) >= 11 is 0. The monoisotopic (exact) mass is 904 g/mol. The largest absolute Gasteiger partial charge is 0.458 e. The summed E-state index contributed by atoms with van der Waals surface area (Å²) in [7, 11) is 0. The van der Waals surface area contributed by atoms with E-state index in [9.17, 15) is 19.8 Å². The highest BCUT2D eigenvalue weighted by molar-refractivity contribution is 5.78. The van der Waals surface area contributed by atoms with E-state index in [4.69, 9.17) is 4.74 Å². The van der Waals surface area contributed by atoms with E-state index in [2.05, 4.69) is 111 Å². The molecular weight excluding hydrogens is 803 g/mol. The van der Waals surface area contributed by atoms with E-state index in [1.54, 1.807) is 6.08 Å². The summed E-state index contributed by atoms with van der Waals surface area (Å²) in [4.78, 5) is 26.1. The van der Waals surface area contributed by atoms with Gasteiger partial charge in [0.15, 0.2) is 0 Å². The quantitative estimate of drug-likeness (QED) is 0.0321. The number of hydrogen-bond acceptors (Lipinski definition) is 5. The third kappa shape index (κ3) is 47.1. The molecule has 0 bridgehead atoms. The Bertz CT molecular complexity index is 1290. The molecule has 0 aromatic heterocycles. The van der Waals surface area contributed by atoms with Crippen LogP contribution in [-0.4, -0.2) is 46.9 Å². The predicted molar refractivity (Wildman–Crippen MR) is 282 cm³/mol. The van der Waals surface area contributed by atoms with Crippen LogP contribution in [0.15, 0.2) is 97.2 Å². The number of rotatable bonds is 47. The van der Waals surface area contributed by atoms with Crippen LogP contribution in [0.5, 0.6) is 0 Å². The summed E-state index contributed by atoms with van der Waals surface area (Å²) < 4.78 is 5.83. The van der Waals surface area contributed by atoms with Gasteiger partial charge in [0, 0.05) is 6.42 Å². The molecule has 0 fully saturated rings. The van der Waals surface area contributed by atoms with E-state index in [0.717, 1.165) is 77.0 Å². The number of allylic oxidation sites excluding steroid dienone is 15. The van der Waals surface area contributed by atoms with Crippen molar-refractivity contribution in [1.29, 1.82) is 0 Å². The Labute approximate surface area is 401 Å². The summed E-state index contributed by atoms with van der Waals surface area (Å²) in [5, 5.41) is 23.7. The third-order valence-electron chi connectivity index (χ3n) is 11.6. The Hall–Kier alpha value is -3.22. The molecule has 6 heteroatoms. The van der Waals surface area contributed by atoms with Gasteiger partial charge < -0.3 is 20.3 Å². The zero-order valence-corrected chi connectivity index (χ0v) is 42.3. The topological polar surface area (TPSA) is 95.9 Å². The first-order valence-corrected chi connectivity index (χ1v) is 27.0. The Kier molecular flexibility index (Phi) is 49.2. The van der Waals surface area contributed by atoms with E-state index >= 15 is 0 Å². The molecule has 0 spiro atoms. The molecule has 0 saturated heterocycles. The first kappa shape index (κ1) is 61.8. The molecule has 0 rings (SSSR count). The van der Waals surface area contributed by atoms with Crippen molar-refractivity contribution in [3.05, 3.63) is 97.2 Å². The average molecular weight is 904 g/mol. The minimum absolute atomic E-state index is 0.0534. The Balaban J connectivity index is 4.73. The number of carbonyl (C=O) groups is 2. The predicted octanol–water partition coefficient (Wildman–Crippen LogP) is 16.5. The number of ether oxygens (including phenoxy) is 1. The van der Waals surface area contributed by atoms with Crippen molar-refractivity contribution in [2.45, 2.75) is 257 Å². The average Bonchev–Trinajstić information content (AvgIpc) is 3.30. The second-order valence-electron chi connectivity index (χ2n) is 17.9. The van der Waals surface area contributed by atoms with Gasteiger partial charge in [-0.1, -0.05) is 234 Å². The van der Waals surface area contributed by atoms with E-state index in [1.165, 1.54) is 116 Å². The van der Waals surface area contributed by atoms with Gasteiger partial charge in [-0.25, -0.2) is 0 Å². The number of nitrogens with one attached hydrogen (secondary N) is 1. The second-order valence-corrected chi connectivity index (χ2v) is 17.9. The van der Waals surface area contributed by atoms with Crippen LogP contribution >= 0.6 is 0 Å². The van der Waals surface area contributed by atoms with Gasteiger partial charge >= 0.3 is 5.97 Å². The van der Waals surface area contributed by atoms with Gasteiger partial charge in [0.05, 0.1) is 25.2 Å². The maximum atomic E-state index is 13.2. The van der Waals surface area contributed by atoms with E-state index in [1.807, 2.05) is 6.08 Å². The molecule has 0 saturated carbocycles. The zero-order chi connectivity index (χ0) is 47.4. The van der Waals surface area contributed by atoms with Crippen molar-refractivity contribution in [3.8, 4) is 0 Å². The number of aliphatic hydroxyl groups excluding tert-OH is 2. The first-order chi connectivity index (χ1) is 32.0. The normalized spacial score (nSPS) is 14.0. The van der Waals surface area contributed by atoms with Gasteiger partial charge in [-0.15, -0.1) is 0 Å². The van der Waals surface area contributed by atoms with Gasteiger partial charge in [0.25, 0.3) is 0 Å². The van der Waals surface area contributed by atoms with E-state index in [0.29, 0.717) is 19.3 Å². The Morgan fingerprint density at radius 3 is 1.34 bits per heavy atom. The van der Waals surface area contributed by atoms with Crippen LogP contribution in [0.25, 0.3) is 0 Å². The summed E-state index contributed by atoms with van der Waals surface area (Å²) in [6, 6.07) is -0.748. The van der Waals surface area contributed by atoms with Crippen molar-refractivity contribution < 1.29 is 24.5 Å². The number of esters is 1. The molecule has 3 N–H and O–H groups in total. The smallest absolute Gasteiger partial charge is 0.306 e. The van der Waals surface area contributed by atoms with Gasteiger partial charge in [0.1, 0.15) is 6.10 Å². The van der Waals surface area contributed by atoms with Crippen LogP contribution < -0.4 is 5.32 Å². The van der Waals surface area contributed by atoms with Gasteiger partial charge in [-0.3, -0.25) is 9.59 Å². The number of unbranched alkanes of at least 4 members (excludes halogenated alkanes) is 21. The molecule has 0 aliphatic carbocycles. The third-order valence-corrected chi connectivity index (χ3v) is 11.6. The van der Waals surface area contributed by atoms with Crippen LogP contribution in [0.4, 0.5) is 0 Å². The van der Waals surface area contributed by atoms with Crippen molar-refractivity contribution in [1.82, 2.24) is 5.32 Å². The van der Waals surface area contributed by atoms with Crippen LogP contribution in [0.1, 0.15) is 239 Å². The lowest BCUT2D eigenvalue weighted by atomic mass is 10.0. The highest BCUT2D eigenvalue weighted by Crippen LogP contribution is 2.15. The molecule has 6 nitrogen and oxygen atoms in total. The minimum atomic E-state index is -0.824. The number of amides is 1. The SMILES string of the molecule is CC/C=C\C/C=C\C/C=C\C/C=C\C/C=C\C/C=C\C(CC(=O)NC(CO)C(O)CCCCCCCCCCCC)OC(=O)CCCCCCCCCCC/C=C\C/C=C\CCCCC. The molecule has 1 amide bonds. The molecule has 65 heavy (non-hydrogen) atoms. The number of hydrogen-bond donors (Lipinski definition) is 3. The van der Waals surface area contributed by atoms with E-state index in [-0.39, 0.29) is 24.9 Å². The van der Waals surface area contributed by atoms with E-state index < -0.39 is 18.2 Å². The summed E-state index contributed by atoms with van der Waals surface area (Å²) in [6.07, 6.45) is 69.3. The Morgan fingerprint density at radius 2 is 0.862 bits per heavy atom. The first-order valence-electron chi connectivity index (χ1n) is 27.0. The molecule has 0 radical (unpaired) electrons. The fraction of sp³-hybridized carbons (Fsp3) is 0.695. The molecule has 0 aromatic rings. The van der Waals surface area contributed by atoms with Crippen LogP contribution in [0.3, 0.4) is 0 Å². The lowest BCUT2D eigenvalue weighted by Gasteiger charge is -2.23. The van der Waals surface area contributed by atoms with Gasteiger partial charge in [-0.2, -0.15) is 0 Å². The van der Waals surface area contributed by atoms with Gasteiger partial charge in [0.2, 0.25) is 5.91 Å². The molecule has 372 valence electrons. The molecule has 0 aromatic carbocycles. The second kappa shape index (κ2) is 51.8. The van der Waals surface area contributed by atoms with Crippen LogP contribution in [-0.2, 0) is 14.3 Å². The van der Waals surface area contributed by atoms with Crippen molar-refractivity contribution in [3.63, 3.8) is 0 Å². The van der Waals surface area contributed by atoms with Crippen molar-refractivity contribution in [2.24, 2.45) is 0 Å². The summed E-state index contributed by atoms with van der Waals surface area (Å²) in [6.45, 7) is 6.29. The van der Waals surface area contributed by atoms with Gasteiger partial charge in [-0.05, 0) is 89.5 Å². The summed E-state index contributed by atoms with van der Waals surface area (Å²) in [5.41, 5.74) is 0. The van der Waals surface area contributed by atoms with Crippen molar-refractivity contribution >= 4 is 11.9 Å². The maximum Gasteiger partial charge on any atom is 0.306 e. The zero-order valence-electron chi connectivity index (χ0n) is 42.3. The molecule has 0 aliphatic heterocycles. The molecular formula is C59H101NO5. The molecule has 0 aliphatic rings. The number of carbonyl (C=O) groups excluding carboxylic acids is 2. The van der Waals surface area contributed by atoms with Crippen LogP contribution in [0, 0.1) is 0 Å².